The first-order valence-electron chi connectivity index (χ1n) is 8.73. The van der Waals surface area contributed by atoms with E-state index in [0.717, 1.165) is 36.8 Å². The number of amides is 1. The number of benzene rings is 2. The van der Waals surface area contributed by atoms with Gasteiger partial charge in [0.15, 0.2) is 6.29 Å². The van der Waals surface area contributed by atoms with Gasteiger partial charge in [-0.05, 0) is 42.5 Å². The van der Waals surface area contributed by atoms with Crippen LogP contribution in [0.15, 0.2) is 42.5 Å². The summed E-state index contributed by atoms with van der Waals surface area (Å²) in [4.78, 5) is 12.3. The van der Waals surface area contributed by atoms with Crippen molar-refractivity contribution < 1.29 is 14.3 Å². The lowest BCUT2D eigenvalue weighted by Crippen LogP contribution is -2.33. The highest BCUT2D eigenvalue weighted by Crippen LogP contribution is 2.21. The molecule has 3 rings (SSSR count). The van der Waals surface area contributed by atoms with Gasteiger partial charge in [0.05, 0.1) is 12.5 Å². The van der Waals surface area contributed by atoms with Gasteiger partial charge in [-0.15, -0.1) is 0 Å². The van der Waals surface area contributed by atoms with Crippen molar-refractivity contribution in [3.63, 3.8) is 0 Å². The second-order valence-corrected chi connectivity index (χ2v) is 6.29. The van der Waals surface area contributed by atoms with Gasteiger partial charge in [0.1, 0.15) is 0 Å². The fraction of sp³-hybridized carbons (Fsp3) is 0.450. The summed E-state index contributed by atoms with van der Waals surface area (Å²) in [7, 11) is 0. The van der Waals surface area contributed by atoms with Gasteiger partial charge in [0.2, 0.25) is 5.91 Å². The van der Waals surface area contributed by atoms with Crippen molar-refractivity contribution in [1.82, 2.24) is 5.32 Å². The maximum absolute atomic E-state index is 12.3. The maximum atomic E-state index is 12.3. The van der Waals surface area contributed by atoms with E-state index in [4.69, 9.17) is 9.47 Å². The second-order valence-electron chi connectivity index (χ2n) is 6.29. The van der Waals surface area contributed by atoms with E-state index in [0.29, 0.717) is 13.2 Å². The minimum absolute atomic E-state index is 0.0263. The zero-order valence-electron chi connectivity index (χ0n) is 14.2. The first-order chi connectivity index (χ1) is 11.7. The van der Waals surface area contributed by atoms with E-state index in [-0.39, 0.29) is 18.1 Å². The highest BCUT2D eigenvalue weighted by atomic mass is 16.7. The van der Waals surface area contributed by atoms with Gasteiger partial charge in [0, 0.05) is 13.2 Å². The van der Waals surface area contributed by atoms with E-state index >= 15 is 0 Å². The molecule has 2 unspecified atom stereocenters. The van der Waals surface area contributed by atoms with Crippen LogP contribution in [0.25, 0.3) is 10.8 Å². The number of fused-ring (bicyclic) bond motifs is 1. The molecule has 128 valence electrons. The molecule has 1 amide bonds. The quantitative estimate of drug-likeness (QED) is 0.825. The smallest absolute Gasteiger partial charge is 0.227 e. The molecule has 4 heteroatoms. The van der Waals surface area contributed by atoms with Crippen molar-refractivity contribution >= 4 is 16.7 Å². The van der Waals surface area contributed by atoms with Crippen LogP contribution in [0.5, 0.6) is 0 Å². The molecule has 1 heterocycles. The second kappa shape index (κ2) is 8.27. The minimum atomic E-state index is -0.180. The highest BCUT2D eigenvalue weighted by Gasteiger charge is 2.16. The van der Waals surface area contributed by atoms with Crippen LogP contribution in [0.2, 0.25) is 0 Å². The molecular formula is C20H25NO3. The number of ether oxygens (including phenoxy) is 2. The molecule has 2 aromatic rings. The molecule has 1 saturated heterocycles. The van der Waals surface area contributed by atoms with E-state index in [1.54, 1.807) is 0 Å². The minimum Gasteiger partial charge on any atom is -0.353 e. The Morgan fingerprint density at radius 3 is 2.88 bits per heavy atom. The Balaban J connectivity index is 1.48. The summed E-state index contributed by atoms with van der Waals surface area (Å²) in [6, 6.07) is 14.4. The van der Waals surface area contributed by atoms with Crippen molar-refractivity contribution in [2.75, 3.05) is 19.8 Å². The van der Waals surface area contributed by atoms with Crippen LogP contribution >= 0.6 is 0 Å². The first-order valence-corrected chi connectivity index (χ1v) is 8.73. The Kier molecular flexibility index (Phi) is 5.83. The van der Waals surface area contributed by atoms with Crippen LogP contribution in [0.3, 0.4) is 0 Å². The fourth-order valence-corrected chi connectivity index (χ4v) is 2.99. The van der Waals surface area contributed by atoms with E-state index in [1.807, 2.05) is 25.1 Å². The summed E-state index contributed by atoms with van der Waals surface area (Å²) in [6.07, 6.45) is 3.10. The predicted molar refractivity (Wildman–Crippen MR) is 94.9 cm³/mol. The summed E-state index contributed by atoms with van der Waals surface area (Å²) in [6.45, 7) is 3.71. The van der Waals surface area contributed by atoms with E-state index in [1.165, 1.54) is 5.39 Å². The van der Waals surface area contributed by atoms with E-state index in [9.17, 15) is 4.79 Å². The summed E-state index contributed by atoms with van der Waals surface area (Å²) >= 11 is 0. The third-order valence-electron chi connectivity index (χ3n) is 4.51. The molecule has 0 aromatic heterocycles. The highest BCUT2D eigenvalue weighted by molar-refractivity contribution is 5.87. The van der Waals surface area contributed by atoms with Crippen LogP contribution in [0, 0.1) is 0 Å². The van der Waals surface area contributed by atoms with Crippen molar-refractivity contribution in [1.29, 1.82) is 0 Å². The lowest BCUT2D eigenvalue weighted by atomic mass is 9.97. The maximum Gasteiger partial charge on any atom is 0.227 e. The topological polar surface area (TPSA) is 47.6 Å². The van der Waals surface area contributed by atoms with Crippen LogP contribution in [-0.4, -0.2) is 32.0 Å². The number of carbonyl (C=O) groups is 1. The standard InChI is InChI=1S/C20H25NO3/c1-15(17-10-9-16-6-2-3-7-18(16)14-17)20(22)21-11-13-24-19-8-4-5-12-23-19/h2-3,6-7,9-10,14-15,19H,4-5,8,11-13H2,1H3,(H,21,22). The Labute approximate surface area is 143 Å². The molecule has 1 aliphatic heterocycles. The van der Waals surface area contributed by atoms with Crippen molar-refractivity contribution in [2.45, 2.75) is 38.4 Å². The molecule has 4 nitrogen and oxygen atoms in total. The molecule has 1 N–H and O–H groups in total. The van der Waals surface area contributed by atoms with Gasteiger partial charge < -0.3 is 14.8 Å². The van der Waals surface area contributed by atoms with E-state index in [2.05, 4.69) is 29.6 Å². The average molecular weight is 327 g/mol. The molecule has 2 atom stereocenters. The van der Waals surface area contributed by atoms with Gasteiger partial charge in [-0.25, -0.2) is 0 Å². The lowest BCUT2D eigenvalue weighted by Gasteiger charge is -2.22. The predicted octanol–water partition coefficient (Wildman–Crippen LogP) is 3.60. The zero-order valence-corrected chi connectivity index (χ0v) is 14.2. The van der Waals surface area contributed by atoms with Gasteiger partial charge in [-0.1, -0.05) is 42.5 Å². The molecule has 2 aromatic carbocycles. The van der Waals surface area contributed by atoms with Gasteiger partial charge in [-0.3, -0.25) is 4.79 Å². The molecule has 1 fully saturated rings. The summed E-state index contributed by atoms with van der Waals surface area (Å²) < 4.78 is 11.1. The molecular weight excluding hydrogens is 302 g/mol. The molecule has 0 aliphatic carbocycles. The lowest BCUT2D eigenvalue weighted by molar-refractivity contribution is -0.161. The van der Waals surface area contributed by atoms with Crippen LogP contribution in [0.4, 0.5) is 0 Å². The fourth-order valence-electron chi connectivity index (χ4n) is 2.99. The average Bonchev–Trinajstić information content (AvgIpc) is 2.65. The summed E-state index contributed by atoms with van der Waals surface area (Å²) in [5.74, 6) is -0.154. The summed E-state index contributed by atoms with van der Waals surface area (Å²) in [5.41, 5.74) is 1.03. The largest absolute Gasteiger partial charge is 0.353 e. The first kappa shape index (κ1) is 16.9. The molecule has 0 spiro atoms. The number of hydrogen-bond acceptors (Lipinski definition) is 3. The third kappa shape index (κ3) is 4.34. The van der Waals surface area contributed by atoms with Gasteiger partial charge in [0.25, 0.3) is 0 Å². The number of rotatable bonds is 6. The molecule has 0 bridgehead atoms. The third-order valence-corrected chi connectivity index (χ3v) is 4.51. The Bertz CT molecular complexity index is 679. The van der Waals surface area contributed by atoms with E-state index < -0.39 is 0 Å². The number of carbonyl (C=O) groups excluding carboxylic acids is 1. The summed E-state index contributed by atoms with van der Waals surface area (Å²) in [5, 5.41) is 5.30. The SMILES string of the molecule is CC(C(=O)NCCOC1CCCCO1)c1ccc2ccccc2c1. The molecule has 0 saturated carbocycles. The number of hydrogen-bond donors (Lipinski definition) is 1. The molecule has 0 radical (unpaired) electrons. The molecule has 24 heavy (non-hydrogen) atoms. The monoisotopic (exact) mass is 327 g/mol. The van der Waals surface area contributed by atoms with Gasteiger partial charge >= 0.3 is 0 Å². The zero-order chi connectivity index (χ0) is 16.8. The van der Waals surface area contributed by atoms with Crippen molar-refractivity contribution in [3.05, 3.63) is 48.0 Å². The van der Waals surface area contributed by atoms with Gasteiger partial charge in [-0.2, -0.15) is 0 Å². The Morgan fingerprint density at radius 2 is 2.08 bits per heavy atom. The normalized spacial score (nSPS) is 19.1. The van der Waals surface area contributed by atoms with Crippen molar-refractivity contribution in [3.8, 4) is 0 Å². The Morgan fingerprint density at radius 1 is 1.25 bits per heavy atom. The van der Waals surface area contributed by atoms with Crippen LogP contribution < -0.4 is 5.32 Å². The Hall–Kier alpha value is -1.91. The van der Waals surface area contributed by atoms with Crippen molar-refractivity contribution in [2.24, 2.45) is 0 Å². The molecule has 1 aliphatic rings. The van der Waals surface area contributed by atoms with Crippen LogP contribution in [0.1, 0.15) is 37.7 Å². The van der Waals surface area contributed by atoms with Crippen LogP contribution in [-0.2, 0) is 14.3 Å². The number of nitrogens with one attached hydrogen (secondary N) is 1.